The second kappa shape index (κ2) is 6.66. The molecule has 0 aliphatic carbocycles. The van der Waals surface area contributed by atoms with E-state index in [1.165, 1.54) is 19.4 Å². The van der Waals surface area contributed by atoms with Crippen molar-refractivity contribution in [3.05, 3.63) is 18.0 Å². The number of hydrogen-bond donors (Lipinski definition) is 2. The maximum atomic E-state index is 4.21. The van der Waals surface area contributed by atoms with Crippen LogP contribution in [0.15, 0.2) is 12.4 Å². The summed E-state index contributed by atoms with van der Waals surface area (Å²) in [5, 5.41) is 6.42. The molecule has 1 aromatic rings. The minimum absolute atomic E-state index is 0.673. The zero-order chi connectivity index (χ0) is 12.8. The van der Waals surface area contributed by atoms with Gasteiger partial charge in [0.25, 0.3) is 0 Å². The summed E-state index contributed by atoms with van der Waals surface area (Å²) in [6.45, 7) is 6.55. The fourth-order valence-corrected chi connectivity index (χ4v) is 2.50. The van der Waals surface area contributed by atoms with E-state index in [1.54, 1.807) is 0 Å². The standard InChI is InChI=1S/C13H23N5/c1-3-18-6-4-5-12(18)10-15-7-11-8-16-13(14-2)17-9-11/h8-9,12,15H,3-7,10H2,1-2H3,(H,14,16,17). The Morgan fingerprint density at radius 1 is 1.39 bits per heavy atom. The Morgan fingerprint density at radius 2 is 2.17 bits per heavy atom. The van der Waals surface area contributed by atoms with Gasteiger partial charge in [-0.05, 0) is 25.9 Å². The molecule has 1 fully saturated rings. The van der Waals surface area contributed by atoms with Gasteiger partial charge in [-0.3, -0.25) is 4.90 Å². The van der Waals surface area contributed by atoms with Gasteiger partial charge in [-0.25, -0.2) is 9.97 Å². The second-order valence-electron chi connectivity index (χ2n) is 4.72. The van der Waals surface area contributed by atoms with Crippen molar-refractivity contribution in [3.8, 4) is 0 Å². The van der Waals surface area contributed by atoms with Gasteiger partial charge in [-0.15, -0.1) is 0 Å². The first-order chi connectivity index (χ1) is 8.83. The fourth-order valence-electron chi connectivity index (χ4n) is 2.50. The highest BCUT2D eigenvalue weighted by molar-refractivity contribution is 5.23. The number of likely N-dealkylation sites (N-methyl/N-ethyl adjacent to an activating group) is 1. The molecule has 100 valence electrons. The molecule has 5 nitrogen and oxygen atoms in total. The lowest BCUT2D eigenvalue weighted by Crippen LogP contribution is -2.37. The first-order valence-electron chi connectivity index (χ1n) is 6.77. The van der Waals surface area contributed by atoms with Crippen molar-refractivity contribution in [2.75, 3.05) is 32.0 Å². The molecule has 2 heterocycles. The van der Waals surface area contributed by atoms with Crippen molar-refractivity contribution in [1.29, 1.82) is 0 Å². The van der Waals surface area contributed by atoms with Crippen LogP contribution in [0.25, 0.3) is 0 Å². The second-order valence-corrected chi connectivity index (χ2v) is 4.72. The number of likely N-dealkylation sites (tertiary alicyclic amines) is 1. The first kappa shape index (κ1) is 13.2. The molecule has 5 heteroatoms. The average Bonchev–Trinajstić information content (AvgIpc) is 2.87. The molecular formula is C13H23N5. The van der Waals surface area contributed by atoms with Crippen LogP contribution in [0.4, 0.5) is 5.95 Å². The van der Waals surface area contributed by atoms with E-state index in [4.69, 9.17) is 0 Å². The Balaban J connectivity index is 1.74. The highest BCUT2D eigenvalue weighted by Crippen LogP contribution is 2.15. The number of nitrogens with one attached hydrogen (secondary N) is 2. The molecule has 0 aromatic carbocycles. The largest absolute Gasteiger partial charge is 0.357 e. The van der Waals surface area contributed by atoms with Crippen molar-refractivity contribution < 1.29 is 0 Å². The van der Waals surface area contributed by atoms with E-state index in [-0.39, 0.29) is 0 Å². The summed E-state index contributed by atoms with van der Waals surface area (Å²) in [5.41, 5.74) is 1.13. The van der Waals surface area contributed by atoms with E-state index in [0.717, 1.165) is 25.2 Å². The smallest absolute Gasteiger partial charge is 0.222 e. The van der Waals surface area contributed by atoms with E-state index < -0.39 is 0 Å². The van der Waals surface area contributed by atoms with Crippen LogP contribution in [-0.4, -0.2) is 47.6 Å². The third-order valence-electron chi connectivity index (χ3n) is 3.54. The van der Waals surface area contributed by atoms with Crippen molar-refractivity contribution in [2.24, 2.45) is 0 Å². The van der Waals surface area contributed by atoms with E-state index in [1.807, 2.05) is 19.4 Å². The molecule has 1 aliphatic heterocycles. The van der Waals surface area contributed by atoms with E-state index >= 15 is 0 Å². The maximum Gasteiger partial charge on any atom is 0.222 e. The Bertz CT molecular complexity index is 351. The van der Waals surface area contributed by atoms with Gasteiger partial charge in [0.15, 0.2) is 0 Å². The van der Waals surface area contributed by atoms with Gasteiger partial charge < -0.3 is 10.6 Å². The summed E-state index contributed by atoms with van der Waals surface area (Å²) in [6, 6.07) is 0.701. The van der Waals surface area contributed by atoms with Crippen molar-refractivity contribution in [3.63, 3.8) is 0 Å². The minimum Gasteiger partial charge on any atom is -0.357 e. The van der Waals surface area contributed by atoms with Crippen molar-refractivity contribution >= 4 is 5.95 Å². The normalized spacial score (nSPS) is 20.2. The zero-order valence-corrected chi connectivity index (χ0v) is 11.3. The molecule has 0 radical (unpaired) electrons. The quantitative estimate of drug-likeness (QED) is 0.790. The van der Waals surface area contributed by atoms with E-state index in [9.17, 15) is 0 Å². The minimum atomic E-state index is 0.673. The van der Waals surface area contributed by atoms with Gasteiger partial charge in [0.05, 0.1) is 0 Å². The predicted octanol–water partition coefficient (Wildman–Crippen LogP) is 1.09. The SMILES string of the molecule is CCN1CCCC1CNCc1cnc(NC)nc1. The summed E-state index contributed by atoms with van der Waals surface area (Å²) >= 11 is 0. The van der Waals surface area contributed by atoms with Crippen molar-refractivity contribution in [2.45, 2.75) is 32.4 Å². The van der Waals surface area contributed by atoms with Gasteiger partial charge in [-0.2, -0.15) is 0 Å². The van der Waals surface area contributed by atoms with Gasteiger partial charge in [-0.1, -0.05) is 6.92 Å². The highest BCUT2D eigenvalue weighted by Gasteiger charge is 2.21. The molecular weight excluding hydrogens is 226 g/mol. The Morgan fingerprint density at radius 3 is 2.83 bits per heavy atom. The lowest BCUT2D eigenvalue weighted by atomic mass is 10.2. The molecule has 1 unspecified atom stereocenters. The highest BCUT2D eigenvalue weighted by atomic mass is 15.2. The summed E-state index contributed by atoms with van der Waals surface area (Å²) < 4.78 is 0. The number of rotatable bonds is 6. The maximum absolute atomic E-state index is 4.21. The van der Waals surface area contributed by atoms with Crippen LogP contribution in [0.1, 0.15) is 25.3 Å². The van der Waals surface area contributed by atoms with Gasteiger partial charge >= 0.3 is 0 Å². The lowest BCUT2D eigenvalue weighted by Gasteiger charge is -2.22. The molecule has 0 saturated carbocycles. The molecule has 1 aromatic heterocycles. The van der Waals surface area contributed by atoms with Gasteiger partial charge in [0, 0.05) is 44.1 Å². The summed E-state index contributed by atoms with van der Waals surface area (Å²) in [7, 11) is 1.83. The molecule has 2 N–H and O–H groups in total. The summed E-state index contributed by atoms with van der Waals surface area (Å²) in [4.78, 5) is 11.0. The molecule has 0 amide bonds. The average molecular weight is 249 g/mol. The van der Waals surface area contributed by atoms with Crippen LogP contribution in [-0.2, 0) is 6.54 Å². The van der Waals surface area contributed by atoms with Crippen LogP contribution in [0, 0.1) is 0 Å². The molecule has 18 heavy (non-hydrogen) atoms. The van der Waals surface area contributed by atoms with E-state index in [0.29, 0.717) is 12.0 Å². The number of aromatic nitrogens is 2. The summed E-state index contributed by atoms with van der Waals surface area (Å²) in [6.07, 6.45) is 6.40. The molecule has 0 spiro atoms. The fraction of sp³-hybridized carbons (Fsp3) is 0.692. The number of nitrogens with zero attached hydrogens (tertiary/aromatic N) is 3. The summed E-state index contributed by atoms with van der Waals surface area (Å²) in [5.74, 6) is 0.673. The number of hydrogen-bond acceptors (Lipinski definition) is 5. The molecule has 1 saturated heterocycles. The molecule has 1 aliphatic rings. The molecule has 0 bridgehead atoms. The van der Waals surface area contributed by atoms with Crippen molar-refractivity contribution in [1.82, 2.24) is 20.2 Å². The van der Waals surface area contributed by atoms with E-state index in [2.05, 4.69) is 32.4 Å². The third-order valence-corrected chi connectivity index (χ3v) is 3.54. The van der Waals surface area contributed by atoms with Crippen LogP contribution in [0.3, 0.4) is 0 Å². The third kappa shape index (κ3) is 3.40. The van der Waals surface area contributed by atoms with Gasteiger partial charge in [0.1, 0.15) is 0 Å². The van der Waals surface area contributed by atoms with Gasteiger partial charge in [0.2, 0.25) is 5.95 Å². The monoisotopic (exact) mass is 249 g/mol. The zero-order valence-electron chi connectivity index (χ0n) is 11.3. The van der Waals surface area contributed by atoms with Crippen LogP contribution in [0.2, 0.25) is 0 Å². The van der Waals surface area contributed by atoms with Crippen LogP contribution < -0.4 is 10.6 Å². The Kier molecular flexibility index (Phi) is 4.90. The number of anilines is 1. The molecule has 1 atom stereocenters. The molecule has 2 rings (SSSR count). The first-order valence-corrected chi connectivity index (χ1v) is 6.77. The van der Waals surface area contributed by atoms with Crippen LogP contribution >= 0.6 is 0 Å². The lowest BCUT2D eigenvalue weighted by molar-refractivity contribution is 0.260. The van der Waals surface area contributed by atoms with Crippen LogP contribution in [0.5, 0.6) is 0 Å². The Labute approximate surface area is 109 Å². The predicted molar refractivity (Wildman–Crippen MR) is 73.6 cm³/mol. The Hall–Kier alpha value is -1.20. The topological polar surface area (TPSA) is 53.1 Å².